The standard InChI is InChI=1S/C18H25N5S/c1-13-21-16-6-10-23(12-14-2-3-14)9-5-15(16)18(22-13)20-7-4-17-19-8-11-24-17/h8,11,14H,2-7,9-10,12H2,1H3,(H,20,21,22). The first-order valence-electron chi connectivity index (χ1n) is 8.99. The number of fused-ring (bicyclic) bond motifs is 1. The van der Waals surface area contributed by atoms with Gasteiger partial charge in [-0.25, -0.2) is 15.0 Å². The number of aryl methyl sites for hydroxylation is 1. The van der Waals surface area contributed by atoms with E-state index in [1.54, 1.807) is 11.3 Å². The van der Waals surface area contributed by atoms with Crippen LogP contribution in [0, 0.1) is 12.8 Å². The molecule has 5 nitrogen and oxygen atoms in total. The number of nitrogens with one attached hydrogen (secondary N) is 1. The van der Waals surface area contributed by atoms with Crippen LogP contribution < -0.4 is 5.32 Å². The number of rotatable bonds is 6. The molecule has 1 aliphatic heterocycles. The smallest absolute Gasteiger partial charge is 0.133 e. The molecule has 1 fully saturated rings. The van der Waals surface area contributed by atoms with Gasteiger partial charge in [0.1, 0.15) is 11.6 Å². The molecule has 0 spiro atoms. The Balaban J connectivity index is 1.43. The van der Waals surface area contributed by atoms with Gasteiger partial charge in [-0.1, -0.05) is 0 Å². The zero-order chi connectivity index (χ0) is 16.4. The van der Waals surface area contributed by atoms with Gasteiger partial charge in [-0.2, -0.15) is 0 Å². The molecule has 1 saturated carbocycles. The normalized spacial score (nSPS) is 18.2. The summed E-state index contributed by atoms with van der Waals surface area (Å²) in [6, 6.07) is 0. The van der Waals surface area contributed by atoms with E-state index in [9.17, 15) is 0 Å². The minimum absolute atomic E-state index is 0.876. The Morgan fingerprint density at radius 2 is 2.12 bits per heavy atom. The first kappa shape index (κ1) is 16.0. The van der Waals surface area contributed by atoms with Crippen molar-refractivity contribution < 1.29 is 0 Å². The Morgan fingerprint density at radius 3 is 2.92 bits per heavy atom. The zero-order valence-electron chi connectivity index (χ0n) is 14.3. The zero-order valence-corrected chi connectivity index (χ0v) is 15.1. The van der Waals surface area contributed by atoms with Gasteiger partial charge < -0.3 is 10.2 Å². The summed E-state index contributed by atoms with van der Waals surface area (Å²) in [6.45, 7) is 6.42. The number of hydrogen-bond donors (Lipinski definition) is 1. The largest absolute Gasteiger partial charge is 0.369 e. The number of nitrogens with zero attached hydrogens (tertiary/aromatic N) is 4. The maximum absolute atomic E-state index is 4.73. The number of hydrogen-bond acceptors (Lipinski definition) is 6. The fourth-order valence-corrected chi connectivity index (χ4v) is 4.05. The second-order valence-electron chi connectivity index (χ2n) is 6.89. The molecule has 6 heteroatoms. The van der Waals surface area contributed by atoms with Crippen LogP contribution in [0.2, 0.25) is 0 Å². The Morgan fingerprint density at radius 1 is 1.25 bits per heavy atom. The van der Waals surface area contributed by atoms with Crippen LogP contribution in [0.15, 0.2) is 11.6 Å². The van der Waals surface area contributed by atoms with Crippen molar-refractivity contribution >= 4 is 17.2 Å². The van der Waals surface area contributed by atoms with Gasteiger partial charge in [0.2, 0.25) is 0 Å². The monoisotopic (exact) mass is 343 g/mol. The van der Waals surface area contributed by atoms with Gasteiger partial charge in [-0.3, -0.25) is 0 Å². The molecule has 2 aliphatic rings. The first-order valence-corrected chi connectivity index (χ1v) is 9.87. The summed E-state index contributed by atoms with van der Waals surface area (Å²) >= 11 is 1.71. The first-order chi connectivity index (χ1) is 11.8. The molecule has 128 valence electrons. The molecule has 0 amide bonds. The van der Waals surface area contributed by atoms with E-state index in [1.165, 1.54) is 35.7 Å². The summed E-state index contributed by atoms with van der Waals surface area (Å²) in [5.41, 5.74) is 2.58. The van der Waals surface area contributed by atoms with E-state index >= 15 is 0 Å². The quantitative estimate of drug-likeness (QED) is 0.874. The summed E-state index contributed by atoms with van der Waals surface area (Å²) in [4.78, 5) is 16.4. The maximum Gasteiger partial charge on any atom is 0.133 e. The molecule has 0 bridgehead atoms. The van der Waals surface area contributed by atoms with Crippen molar-refractivity contribution in [3.8, 4) is 0 Å². The average molecular weight is 344 g/mol. The molecule has 0 aromatic carbocycles. The highest BCUT2D eigenvalue weighted by atomic mass is 32.1. The number of thiazole rings is 1. The molecular weight excluding hydrogens is 318 g/mol. The molecule has 0 saturated heterocycles. The van der Waals surface area contributed by atoms with E-state index in [4.69, 9.17) is 4.98 Å². The van der Waals surface area contributed by atoms with Crippen LogP contribution in [0.5, 0.6) is 0 Å². The molecule has 0 radical (unpaired) electrons. The van der Waals surface area contributed by atoms with E-state index in [0.717, 1.165) is 56.5 Å². The highest BCUT2D eigenvalue weighted by molar-refractivity contribution is 7.09. The van der Waals surface area contributed by atoms with Gasteiger partial charge >= 0.3 is 0 Å². The van der Waals surface area contributed by atoms with Crippen molar-refractivity contribution in [3.63, 3.8) is 0 Å². The predicted molar refractivity (Wildman–Crippen MR) is 97.6 cm³/mol. The summed E-state index contributed by atoms with van der Waals surface area (Å²) in [7, 11) is 0. The lowest BCUT2D eigenvalue weighted by atomic mass is 10.1. The van der Waals surface area contributed by atoms with Gasteiger partial charge in [-0.05, 0) is 32.1 Å². The number of aromatic nitrogens is 3. The molecule has 0 atom stereocenters. The summed E-state index contributed by atoms with van der Waals surface area (Å²) in [6.07, 6.45) is 7.77. The Bertz CT molecular complexity index is 681. The third kappa shape index (κ3) is 3.92. The van der Waals surface area contributed by atoms with E-state index in [-0.39, 0.29) is 0 Å². The van der Waals surface area contributed by atoms with Crippen molar-refractivity contribution in [3.05, 3.63) is 33.7 Å². The van der Waals surface area contributed by atoms with Crippen LogP contribution in [0.3, 0.4) is 0 Å². The van der Waals surface area contributed by atoms with Crippen LogP contribution in [0.4, 0.5) is 5.82 Å². The van der Waals surface area contributed by atoms with Crippen molar-refractivity contribution in [1.29, 1.82) is 0 Å². The second kappa shape index (κ2) is 7.15. The SMILES string of the molecule is Cc1nc2c(c(NCCc3nccs3)n1)CCN(CC1CC1)CC2. The van der Waals surface area contributed by atoms with E-state index < -0.39 is 0 Å². The van der Waals surface area contributed by atoms with Gasteiger partial charge in [0.05, 0.1) is 10.7 Å². The lowest BCUT2D eigenvalue weighted by Gasteiger charge is -2.18. The van der Waals surface area contributed by atoms with Crippen LogP contribution in [0.25, 0.3) is 0 Å². The second-order valence-corrected chi connectivity index (χ2v) is 7.87. The average Bonchev–Trinajstić information content (AvgIpc) is 3.28. The highest BCUT2D eigenvalue weighted by Crippen LogP contribution is 2.30. The molecule has 2 aromatic rings. The number of anilines is 1. The fourth-order valence-electron chi connectivity index (χ4n) is 3.43. The molecular formula is C18H25N5S. The lowest BCUT2D eigenvalue weighted by Crippen LogP contribution is -2.28. The maximum atomic E-state index is 4.73. The van der Waals surface area contributed by atoms with Crippen LogP contribution in [-0.4, -0.2) is 46.0 Å². The molecule has 1 aliphatic carbocycles. The molecule has 1 N–H and O–H groups in total. The van der Waals surface area contributed by atoms with E-state index in [0.29, 0.717) is 0 Å². The summed E-state index contributed by atoms with van der Waals surface area (Å²) in [5.74, 6) is 2.87. The summed E-state index contributed by atoms with van der Waals surface area (Å²) in [5, 5.41) is 6.75. The molecule has 0 unspecified atom stereocenters. The highest BCUT2D eigenvalue weighted by Gasteiger charge is 2.26. The summed E-state index contributed by atoms with van der Waals surface area (Å²) < 4.78 is 0. The van der Waals surface area contributed by atoms with Crippen molar-refractivity contribution in [2.24, 2.45) is 5.92 Å². The topological polar surface area (TPSA) is 53.9 Å². The third-order valence-corrected chi connectivity index (χ3v) is 5.71. The third-order valence-electron chi connectivity index (χ3n) is 4.88. The van der Waals surface area contributed by atoms with Crippen LogP contribution in [0.1, 0.15) is 34.9 Å². The Hall–Kier alpha value is -1.53. The minimum Gasteiger partial charge on any atom is -0.369 e. The van der Waals surface area contributed by atoms with Crippen molar-refractivity contribution in [2.45, 2.75) is 39.0 Å². The van der Waals surface area contributed by atoms with Gasteiger partial charge in [-0.15, -0.1) is 11.3 Å². The molecule has 24 heavy (non-hydrogen) atoms. The van der Waals surface area contributed by atoms with Crippen molar-refractivity contribution in [2.75, 3.05) is 31.5 Å². The van der Waals surface area contributed by atoms with E-state index in [1.807, 2.05) is 18.5 Å². The lowest BCUT2D eigenvalue weighted by molar-refractivity contribution is 0.275. The minimum atomic E-state index is 0.876. The predicted octanol–water partition coefficient (Wildman–Crippen LogP) is 2.71. The van der Waals surface area contributed by atoms with Crippen LogP contribution in [-0.2, 0) is 19.3 Å². The molecule has 3 heterocycles. The van der Waals surface area contributed by atoms with Crippen molar-refractivity contribution in [1.82, 2.24) is 19.9 Å². The Labute approximate surface area is 147 Å². The molecule has 4 rings (SSSR count). The van der Waals surface area contributed by atoms with Gasteiger partial charge in [0.15, 0.2) is 0 Å². The van der Waals surface area contributed by atoms with Gasteiger partial charge in [0.25, 0.3) is 0 Å². The fraction of sp³-hybridized carbons (Fsp3) is 0.611. The van der Waals surface area contributed by atoms with E-state index in [2.05, 4.69) is 20.2 Å². The Kier molecular flexibility index (Phi) is 4.76. The molecule has 2 aromatic heterocycles. The van der Waals surface area contributed by atoms with Crippen LogP contribution >= 0.6 is 11.3 Å². The van der Waals surface area contributed by atoms with Gasteiger partial charge in [0, 0.05) is 56.2 Å².